The molecular formula is C25H29N5O3S. The largest absolute Gasteiger partial charge is 0.490 e. The third-order valence-electron chi connectivity index (χ3n) is 5.41. The Bertz CT molecular complexity index is 1130. The molecule has 1 unspecified atom stereocenters. The zero-order chi connectivity index (χ0) is 23.9. The maximum Gasteiger partial charge on any atom is 0.230 e. The minimum Gasteiger partial charge on any atom is -0.490 e. The van der Waals surface area contributed by atoms with Gasteiger partial charge in [0.25, 0.3) is 0 Å². The van der Waals surface area contributed by atoms with E-state index >= 15 is 0 Å². The van der Waals surface area contributed by atoms with Crippen LogP contribution in [0.15, 0.2) is 60.5 Å². The van der Waals surface area contributed by atoms with Gasteiger partial charge in [0, 0.05) is 30.9 Å². The van der Waals surface area contributed by atoms with Crippen LogP contribution in [0, 0.1) is 5.92 Å². The summed E-state index contributed by atoms with van der Waals surface area (Å²) in [7, 11) is 0. The summed E-state index contributed by atoms with van der Waals surface area (Å²) in [4.78, 5) is 17.0. The lowest BCUT2D eigenvalue weighted by Crippen LogP contribution is -2.33. The Hall–Kier alpha value is -3.33. The summed E-state index contributed by atoms with van der Waals surface area (Å²) in [5, 5.41) is 12.5. The molecule has 9 heteroatoms. The molecule has 0 radical (unpaired) electrons. The molecule has 1 atom stereocenters. The van der Waals surface area contributed by atoms with Gasteiger partial charge in [-0.3, -0.25) is 14.3 Å². The molecule has 0 spiro atoms. The Morgan fingerprint density at radius 1 is 1.18 bits per heavy atom. The molecule has 2 aromatic heterocycles. The number of thioether (sulfide) groups is 1. The second-order valence-corrected chi connectivity index (χ2v) is 9.22. The van der Waals surface area contributed by atoms with Crippen molar-refractivity contribution in [3.63, 3.8) is 0 Å². The molecule has 34 heavy (non-hydrogen) atoms. The number of pyridine rings is 1. The van der Waals surface area contributed by atoms with E-state index in [0.717, 1.165) is 34.9 Å². The SMILES string of the molecule is C=CCn1c(SCC(=O)NC(c2ccc3c(c2)OCCCO3)C(C)C)nnc1-c1ccncc1. The topological polar surface area (TPSA) is 91.2 Å². The first-order valence-electron chi connectivity index (χ1n) is 11.3. The molecule has 3 heterocycles. The highest BCUT2D eigenvalue weighted by Crippen LogP contribution is 2.34. The summed E-state index contributed by atoms with van der Waals surface area (Å²) >= 11 is 1.35. The highest BCUT2D eigenvalue weighted by atomic mass is 32.2. The lowest BCUT2D eigenvalue weighted by Gasteiger charge is -2.24. The van der Waals surface area contributed by atoms with Crippen LogP contribution in [0.5, 0.6) is 11.5 Å². The van der Waals surface area contributed by atoms with Crippen LogP contribution in [-0.2, 0) is 11.3 Å². The van der Waals surface area contributed by atoms with E-state index in [2.05, 4.69) is 40.9 Å². The molecule has 0 aliphatic carbocycles. The van der Waals surface area contributed by atoms with Gasteiger partial charge in [-0.2, -0.15) is 0 Å². The van der Waals surface area contributed by atoms with Gasteiger partial charge in [0.2, 0.25) is 5.91 Å². The number of hydrogen-bond donors (Lipinski definition) is 1. The summed E-state index contributed by atoms with van der Waals surface area (Å²) < 4.78 is 13.5. The number of amides is 1. The van der Waals surface area contributed by atoms with Gasteiger partial charge in [0.05, 0.1) is 25.0 Å². The van der Waals surface area contributed by atoms with Crippen molar-refractivity contribution in [2.45, 2.75) is 38.0 Å². The molecule has 1 amide bonds. The summed E-state index contributed by atoms with van der Waals surface area (Å²) in [6.07, 6.45) is 6.07. The van der Waals surface area contributed by atoms with E-state index in [1.807, 2.05) is 34.9 Å². The van der Waals surface area contributed by atoms with E-state index in [1.54, 1.807) is 18.5 Å². The fraction of sp³-hybridized carbons (Fsp3) is 0.360. The van der Waals surface area contributed by atoms with Crippen LogP contribution < -0.4 is 14.8 Å². The number of rotatable bonds is 9. The summed E-state index contributed by atoms with van der Waals surface area (Å²) in [6, 6.07) is 9.50. The fourth-order valence-corrected chi connectivity index (χ4v) is 4.52. The molecular weight excluding hydrogens is 450 g/mol. The van der Waals surface area contributed by atoms with Crippen molar-refractivity contribution < 1.29 is 14.3 Å². The second kappa shape index (κ2) is 11.2. The summed E-state index contributed by atoms with van der Waals surface area (Å²) in [5.74, 6) is 2.54. The molecule has 178 valence electrons. The Kier molecular flexibility index (Phi) is 7.84. The zero-order valence-corrected chi connectivity index (χ0v) is 20.3. The molecule has 1 aliphatic heterocycles. The van der Waals surface area contributed by atoms with Crippen LogP contribution in [0.3, 0.4) is 0 Å². The van der Waals surface area contributed by atoms with Crippen LogP contribution in [0.4, 0.5) is 0 Å². The minimum atomic E-state index is -0.149. The van der Waals surface area contributed by atoms with Gasteiger partial charge in [-0.15, -0.1) is 16.8 Å². The molecule has 0 saturated carbocycles. The van der Waals surface area contributed by atoms with Crippen molar-refractivity contribution >= 4 is 17.7 Å². The number of nitrogens with zero attached hydrogens (tertiary/aromatic N) is 4. The normalized spacial score (nSPS) is 13.9. The van der Waals surface area contributed by atoms with Crippen molar-refractivity contribution in [2.75, 3.05) is 19.0 Å². The predicted octanol–water partition coefficient (Wildman–Crippen LogP) is 4.29. The van der Waals surface area contributed by atoms with E-state index in [9.17, 15) is 4.79 Å². The first kappa shape index (κ1) is 23.8. The van der Waals surface area contributed by atoms with Crippen LogP contribution in [-0.4, -0.2) is 44.6 Å². The van der Waals surface area contributed by atoms with E-state index in [-0.39, 0.29) is 23.6 Å². The number of ether oxygens (including phenoxy) is 2. The molecule has 0 saturated heterocycles. The monoisotopic (exact) mass is 479 g/mol. The fourth-order valence-electron chi connectivity index (χ4n) is 3.76. The molecule has 3 aromatic rings. The van der Waals surface area contributed by atoms with Crippen LogP contribution >= 0.6 is 11.8 Å². The van der Waals surface area contributed by atoms with Gasteiger partial charge in [0.15, 0.2) is 22.5 Å². The molecule has 1 aliphatic rings. The van der Waals surface area contributed by atoms with Crippen LogP contribution in [0.25, 0.3) is 11.4 Å². The Labute approximate surface area is 203 Å². The van der Waals surface area contributed by atoms with E-state index in [0.29, 0.717) is 24.9 Å². The van der Waals surface area contributed by atoms with Gasteiger partial charge >= 0.3 is 0 Å². The van der Waals surface area contributed by atoms with Crippen molar-refractivity contribution in [1.82, 2.24) is 25.1 Å². The number of carbonyl (C=O) groups is 1. The maximum absolute atomic E-state index is 12.9. The Morgan fingerprint density at radius 2 is 1.94 bits per heavy atom. The van der Waals surface area contributed by atoms with E-state index in [1.165, 1.54) is 11.8 Å². The second-order valence-electron chi connectivity index (χ2n) is 8.28. The number of fused-ring (bicyclic) bond motifs is 1. The Balaban J connectivity index is 1.45. The number of carbonyl (C=O) groups excluding carboxylic acids is 1. The molecule has 1 N–H and O–H groups in total. The standard InChI is InChI=1S/C25H29N5O3S/c1-4-12-30-24(18-8-10-26-11-9-18)28-29-25(30)34-16-22(31)27-23(17(2)3)19-6-7-20-21(15-19)33-14-5-13-32-20/h4,6-11,15,17,23H,1,5,12-14,16H2,2-3H3,(H,27,31). The quantitative estimate of drug-likeness (QED) is 0.362. The third kappa shape index (κ3) is 5.59. The van der Waals surface area contributed by atoms with Crippen molar-refractivity contribution in [2.24, 2.45) is 5.92 Å². The molecule has 4 rings (SSSR count). The summed E-state index contributed by atoms with van der Waals surface area (Å²) in [5.41, 5.74) is 1.90. The molecule has 8 nitrogen and oxygen atoms in total. The number of allylic oxidation sites excluding steroid dienone is 1. The van der Waals surface area contributed by atoms with Gasteiger partial charge in [-0.05, 0) is 35.7 Å². The number of aromatic nitrogens is 4. The molecule has 0 fully saturated rings. The van der Waals surface area contributed by atoms with Gasteiger partial charge in [-0.25, -0.2) is 0 Å². The van der Waals surface area contributed by atoms with E-state index in [4.69, 9.17) is 9.47 Å². The van der Waals surface area contributed by atoms with Crippen LogP contribution in [0.2, 0.25) is 0 Å². The smallest absolute Gasteiger partial charge is 0.230 e. The van der Waals surface area contributed by atoms with Gasteiger partial charge in [-0.1, -0.05) is 37.8 Å². The molecule has 1 aromatic carbocycles. The summed E-state index contributed by atoms with van der Waals surface area (Å²) in [6.45, 7) is 9.82. The van der Waals surface area contributed by atoms with Gasteiger partial charge in [0.1, 0.15) is 0 Å². The Morgan fingerprint density at radius 3 is 2.68 bits per heavy atom. The third-order valence-corrected chi connectivity index (χ3v) is 6.38. The van der Waals surface area contributed by atoms with E-state index < -0.39 is 0 Å². The number of nitrogens with one attached hydrogen (secondary N) is 1. The van der Waals surface area contributed by atoms with Gasteiger partial charge < -0.3 is 14.8 Å². The van der Waals surface area contributed by atoms with Crippen molar-refractivity contribution in [3.05, 3.63) is 60.9 Å². The minimum absolute atomic E-state index is 0.0746. The maximum atomic E-state index is 12.9. The van der Waals surface area contributed by atoms with Crippen molar-refractivity contribution in [3.8, 4) is 22.9 Å². The predicted molar refractivity (Wildman–Crippen MR) is 132 cm³/mol. The lowest BCUT2D eigenvalue weighted by atomic mass is 9.95. The highest BCUT2D eigenvalue weighted by molar-refractivity contribution is 7.99. The zero-order valence-electron chi connectivity index (χ0n) is 19.4. The average Bonchev–Trinajstić information content (AvgIpc) is 3.09. The first-order chi connectivity index (χ1) is 16.6. The van der Waals surface area contributed by atoms with Crippen molar-refractivity contribution in [1.29, 1.82) is 0 Å². The molecule has 0 bridgehead atoms. The first-order valence-corrected chi connectivity index (χ1v) is 12.3. The average molecular weight is 480 g/mol. The highest BCUT2D eigenvalue weighted by Gasteiger charge is 2.22. The number of benzene rings is 1. The lowest BCUT2D eigenvalue weighted by molar-refractivity contribution is -0.119. The number of hydrogen-bond acceptors (Lipinski definition) is 7. The van der Waals surface area contributed by atoms with Crippen LogP contribution in [0.1, 0.15) is 31.9 Å².